The molecular weight excluding hydrogens is 370 g/mol. The number of ether oxygens (including phenoxy) is 1. The molecular formula is C20H20ClNO3S. The number of rotatable bonds is 6. The predicted octanol–water partition coefficient (Wildman–Crippen LogP) is 4.00. The van der Waals surface area contributed by atoms with Crippen LogP contribution in [0.4, 0.5) is 0 Å². The smallest absolute Gasteiger partial charge is 0.183 e. The van der Waals surface area contributed by atoms with Crippen molar-refractivity contribution in [1.82, 2.24) is 0 Å². The molecule has 26 heavy (non-hydrogen) atoms. The van der Waals surface area contributed by atoms with E-state index < -0.39 is 26.4 Å². The number of benzene rings is 2. The van der Waals surface area contributed by atoms with Crippen LogP contribution in [0.1, 0.15) is 24.0 Å². The number of hydrogen-bond donors (Lipinski definition) is 0. The molecule has 3 atom stereocenters. The number of hydrogen-bond acceptors (Lipinski definition) is 4. The molecule has 136 valence electrons. The van der Waals surface area contributed by atoms with Gasteiger partial charge in [0.1, 0.15) is 5.41 Å². The second-order valence-electron chi connectivity index (χ2n) is 6.58. The summed E-state index contributed by atoms with van der Waals surface area (Å²) in [6.07, 6.45) is 0.902. The van der Waals surface area contributed by atoms with Gasteiger partial charge in [0, 0.05) is 18.1 Å². The normalized spacial score (nSPS) is 24.8. The number of sulfone groups is 1. The molecule has 0 heterocycles. The van der Waals surface area contributed by atoms with Crippen LogP contribution >= 0.6 is 11.6 Å². The summed E-state index contributed by atoms with van der Waals surface area (Å²) in [5, 5.41) is 9.46. The Hall–Kier alpha value is -1.87. The monoisotopic (exact) mass is 389 g/mol. The first kappa shape index (κ1) is 18.9. The molecule has 0 spiro atoms. The van der Waals surface area contributed by atoms with Gasteiger partial charge in [-0.25, -0.2) is 8.42 Å². The van der Waals surface area contributed by atoms with Gasteiger partial charge in [0.15, 0.2) is 9.84 Å². The molecule has 0 radical (unpaired) electrons. The van der Waals surface area contributed by atoms with Gasteiger partial charge in [-0.05, 0) is 41.8 Å². The van der Waals surface area contributed by atoms with E-state index in [0.717, 1.165) is 12.0 Å². The fourth-order valence-corrected chi connectivity index (χ4v) is 6.08. The van der Waals surface area contributed by atoms with Crippen molar-refractivity contribution in [1.29, 1.82) is 5.26 Å². The fraction of sp³-hybridized carbons (Fsp3) is 0.350. The lowest BCUT2D eigenvalue weighted by Gasteiger charge is -2.08. The van der Waals surface area contributed by atoms with Gasteiger partial charge in [-0.15, -0.1) is 0 Å². The quantitative estimate of drug-likeness (QED) is 0.748. The Morgan fingerprint density at radius 2 is 1.77 bits per heavy atom. The van der Waals surface area contributed by atoms with Gasteiger partial charge >= 0.3 is 0 Å². The summed E-state index contributed by atoms with van der Waals surface area (Å²) >= 11 is 5.88. The molecule has 1 fully saturated rings. The summed E-state index contributed by atoms with van der Waals surface area (Å²) < 4.78 is 31.7. The molecule has 0 N–H and O–H groups in total. The maximum absolute atomic E-state index is 13.2. The molecule has 1 saturated carbocycles. The lowest BCUT2D eigenvalue weighted by Crippen LogP contribution is -2.19. The van der Waals surface area contributed by atoms with E-state index in [2.05, 4.69) is 13.0 Å². The number of nitriles is 1. The fourth-order valence-electron chi connectivity index (χ4n) is 3.64. The van der Waals surface area contributed by atoms with E-state index in [9.17, 15) is 13.7 Å². The Morgan fingerprint density at radius 3 is 2.27 bits per heavy atom. The number of aryl methyl sites for hydroxylation is 1. The van der Waals surface area contributed by atoms with Crippen molar-refractivity contribution in [3.63, 3.8) is 0 Å². The molecule has 0 aliphatic heterocycles. The van der Waals surface area contributed by atoms with Crippen molar-refractivity contribution < 1.29 is 13.2 Å². The van der Waals surface area contributed by atoms with Gasteiger partial charge in [-0.2, -0.15) is 5.26 Å². The van der Waals surface area contributed by atoms with E-state index in [1.165, 1.54) is 24.8 Å². The molecule has 0 unspecified atom stereocenters. The molecule has 0 amide bonds. The third kappa shape index (κ3) is 3.03. The van der Waals surface area contributed by atoms with Crippen LogP contribution in [0.3, 0.4) is 0 Å². The van der Waals surface area contributed by atoms with Crippen LogP contribution in [0.25, 0.3) is 0 Å². The van der Waals surface area contributed by atoms with Crippen LogP contribution in [0.2, 0.25) is 5.02 Å². The molecule has 0 saturated heterocycles. The average Bonchev–Trinajstić information content (AvgIpc) is 3.32. The van der Waals surface area contributed by atoms with Crippen LogP contribution in [0, 0.1) is 16.7 Å². The highest BCUT2D eigenvalue weighted by atomic mass is 35.5. The third-order valence-corrected chi connectivity index (χ3v) is 7.61. The van der Waals surface area contributed by atoms with Crippen molar-refractivity contribution in [3.8, 4) is 6.07 Å². The summed E-state index contributed by atoms with van der Waals surface area (Å²) in [5.41, 5.74) is 0.935. The lowest BCUT2D eigenvalue weighted by molar-refractivity contribution is 0.162. The van der Waals surface area contributed by atoms with Gasteiger partial charge in [-0.1, -0.05) is 42.8 Å². The highest BCUT2D eigenvalue weighted by molar-refractivity contribution is 7.92. The Labute approximate surface area is 159 Å². The first-order valence-corrected chi connectivity index (χ1v) is 10.3. The molecule has 2 aromatic rings. The maximum atomic E-state index is 13.2. The first-order valence-electron chi connectivity index (χ1n) is 8.39. The molecule has 0 aromatic heterocycles. The standard InChI is InChI=1S/C20H20ClNO3S/c1-3-14-4-6-15(7-5-14)18-19(20(18,12-22)13-25-2)26(23,24)17-10-8-16(21)9-11-17/h4-11,18-19H,3,13H2,1-2H3/t18-,19+,20-/m1/s1. The average molecular weight is 390 g/mol. The van der Waals surface area contributed by atoms with Crippen molar-refractivity contribution >= 4 is 21.4 Å². The Bertz CT molecular complexity index is 933. The minimum Gasteiger partial charge on any atom is -0.383 e. The molecule has 1 aliphatic rings. The van der Waals surface area contributed by atoms with Gasteiger partial charge in [0.2, 0.25) is 0 Å². The zero-order valence-electron chi connectivity index (χ0n) is 14.6. The number of methoxy groups -OCH3 is 1. The minimum atomic E-state index is -3.70. The van der Waals surface area contributed by atoms with Crippen LogP contribution in [-0.4, -0.2) is 27.4 Å². The van der Waals surface area contributed by atoms with E-state index in [0.29, 0.717) is 5.02 Å². The van der Waals surface area contributed by atoms with Crippen LogP contribution in [0.5, 0.6) is 0 Å². The largest absolute Gasteiger partial charge is 0.383 e. The second kappa shape index (κ2) is 7.03. The molecule has 0 bridgehead atoms. The third-order valence-electron chi connectivity index (χ3n) is 5.07. The van der Waals surface area contributed by atoms with Gasteiger partial charge in [0.05, 0.1) is 22.8 Å². The van der Waals surface area contributed by atoms with Crippen LogP contribution in [0.15, 0.2) is 53.4 Å². The zero-order valence-corrected chi connectivity index (χ0v) is 16.2. The molecule has 4 nitrogen and oxygen atoms in total. The Kier molecular flexibility index (Phi) is 5.12. The summed E-state index contributed by atoms with van der Waals surface area (Å²) in [7, 11) is -2.21. The zero-order chi connectivity index (χ0) is 18.9. The van der Waals surface area contributed by atoms with Crippen molar-refractivity contribution in [2.45, 2.75) is 29.4 Å². The van der Waals surface area contributed by atoms with E-state index >= 15 is 0 Å². The van der Waals surface area contributed by atoms with Gasteiger partial charge < -0.3 is 4.74 Å². The van der Waals surface area contributed by atoms with E-state index in [4.69, 9.17) is 16.3 Å². The highest BCUT2D eigenvalue weighted by Gasteiger charge is 2.72. The SMILES string of the molecule is CCc1ccc([C@@H]2[C@H](S(=O)(=O)c3ccc(Cl)cc3)[C@]2(C#N)COC)cc1. The molecule has 1 aliphatic carbocycles. The Balaban J connectivity index is 2.05. The lowest BCUT2D eigenvalue weighted by atomic mass is 10.00. The molecule has 3 rings (SSSR count). The van der Waals surface area contributed by atoms with Gasteiger partial charge in [-0.3, -0.25) is 0 Å². The van der Waals surface area contributed by atoms with Crippen molar-refractivity contribution in [2.75, 3.05) is 13.7 Å². The van der Waals surface area contributed by atoms with E-state index in [1.807, 2.05) is 24.3 Å². The van der Waals surface area contributed by atoms with Crippen molar-refractivity contribution in [2.24, 2.45) is 5.41 Å². The van der Waals surface area contributed by atoms with Crippen molar-refractivity contribution in [3.05, 3.63) is 64.7 Å². The van der Waals surface area contributed by atoms with Crippen LogP contribution < -0.4 is 0 Å². The first-order chi connectivity index (χ1) is 12.4. The topological polar surface area (TPSA) is 67.2 Å². The predicted molar refractivity (Wildman–Crippen MR) is 101 cm³/mol. The van der Waals surface area contributed by atoms with Gasteiger partial charge in [0.25, 0.3) is 0 Å². The molecule has 6 heteroatoms. The Morgan fingerprint density at radius 1 is 1.15 bits per heavy atom. The second-order valence-corrected chi connectivity index (χ2v) is 9.08. The summed E-state index contributed by atoms with van der Waals surface area (Å²) in [6.45, 7) is 2.13. The number of halogens is 1. The van der Waals surface area contributed by atoms with E-state index in [1.54, 1.807) is 12.1 Å². The summed E-state index contributed by atoms with van der Waals surface area (Å²) in [6, 6.07) is 16.1. The molecule has 2 aromatic carbocycles. The van der Waals surface area contributed by atoms with Crippen LogP contribution in [-0.2, 0) is 21.0 Å². The maximum Gasteiger partial charge on any atom is 0.183 e. The highest BCUT2D eigenvalue weighted by Crippen LogP contribution is 2.63. The number of nitrogens with zero attached hydrogens (tertiary/aromatic N) is 1. The summed E-state index contributed by atoms with van der Waals surface area (Å²) in [5.74, 6) is -0.418. The minimum absolute atomic E-state index is 0.0706. The summed E-state index contributed by atoms with van der Waals surface area (Å²) in [4.78, 5) is 0.176. The van der Waals surface area contributed by atoms with E-state index in [-0.39, 0.29) is 11.5 Å².